The van der Waals surface area contributed by atoms with E-state index in [4.69, 9.17) is 10.4 Å². The van der Waals surface area contributed by atoms with E-state index >= 15 is 0 Å². The van der Waals surface area contributed by atoms with Gasteiger partial charge >= 0.3 is 12.1 Å². The summed E-state index contributed by atoms with van der Waals surface area (Å²) in [4.78, 5) is 10.5. The quantitative estimate of drug-likeness (QED) is 0.604. The van der Waals surface area contributed by atoms with Gasteiger partial charge in [0.25, 0.3) is 0 Å². The maximum atomic E-state index is 12.7. The largest absolute Gasteiger partial charge is 0.478 e. The summed E-state index contributed by atoms with van der Waals surface area (Å²) in [7, 11) is 0. The van der Waals surface area contributed by atoms with Crippen LogP contribution in [0.5, 0.6) is 0 Å². The summed E-state index contributed by atoms with van der Waals surface area (Å²) >= 11 is 0. The van der Waals surface area contributed by atoms with Crippen LogP contribution in [0.1, 0.15) is 26.7 Å². The van der Waals surface area contributed by atoms with Gasteiger partial charge in [0.15, 0.2) is 0 Å². The summed E-state index contributed by atoms with van der Waals surface area (Å²) in [5.74, 6) is -2.23. The van der Waals surface area contributed by atoms with Crippen molar-refractivity contribution in [2.45, 2.75) is 38.5 Å². The summed E-state index contributed by atoms with van der Waals surface area (Å²) in [5.41, 5.74) is -4.22. The second kappa shape index (κ2) is 5.53. The standard InChI is InChI=1S/C14H16F3NO3/c1-9(2)13(21,12(8-18)5-6-12)4-3-10(7-11(19)20)14(15,16)17/h3-4,7,9,21H,5-6H2,1-2H3,(H,19,20)/b4-3+,10-7+. The first kappa shape index (κ1) is 17.2. The molecule has 0 radical (unpaired) electrons. The first-order chi connectivity index (χ1) is 9.48. The van der Waals surface area contributed by atoms with E-state index in [1.165, 1.54) is 0 Å². The molecule has 0 heterocycles. The summed E-state index contributed by atoms with van der Waals surface area (Å²) in [6.07, 6.45) is -2.60. The Morgan fingerprint density at radius 1 is 1.38 bits per heavy atom. The Bertz CT molecular complexity index is 525. The number of nitriles is 1. The number of hydrogen-bond acceptors (Lipinski definition) is 3. The number of nitrogens with zero attached hydrogens (tertiary/aromatic N) is 1. The van der Waals surface area contributed by atoms with E-state index in [1.807, 2.05) is 6.07 Å². The molecular formula is C14H16F3NO3. The zero-order valence-electron chi connectivity index (χ0n) is 11.6. The van der Waals surface area contributed by atoms with E-state index in [0.717, 1.165) is 6.08 Å². The van der Waals surface area contributed by atoms with E-state index in [2.05, 4.69) is 0 Å². The highest BCUT2D eigenvalue weighted by Crippen LogP contribution is 2.57. The lowest BCUT2D eigenvalue weighted by Gasteiger charge is -2.33. The van der Waals surface area contributed by atoms with E-state index < -0.39 is 34.7 Å². The number of halogens is 3. The molecule has 0 bridgehead atoms. The van der Waals surface area contributed by atoms with Crippen molar-refractivity contribution in [3.8, 4) is 6.07 Å². The van der Waals surface area contributed by atoms with Crippen LogP contribution in [0.25, 0.3) is 0 Å². The molecule has 0 aromatic carbocycles. The number of carbonyl (C=O) groups is 1. The number of rotatable bonds is 5. The van der Waals surface area contributed by atoms with Crippen molar-refractivity contribution < 1.29 is 28.2 Å². The molecule has 1 aliphatic rings. The van der Waals surface area contributed by atoms with Gasteiger partial charge in [-0.3, -0.25) is 0 Å². The molecule has 1 fully saturated rings. The van der Waals surface area contributed by atoms with E-state index in [-0.39, 0.29) is 6.08 Å². The van der Waals surface area contributed by atoms with Crippen molar-refractivity contribution in [2.24, 2.45) is 11.3 Å². The Morgan fingerprint density at radius 2 is 1.90 bits per heavy atom. The fraction of sp³-hybridized carbons (Fsp3) is 0.571. The van der Waals surface area contributed by atoms with Crippen molar-refractivity contribution in [3.63, 3.8) is 0 Å². The molecule has 0 aromatic rings. The van der Waals surface area contributed by atoms with Crippen LogP contribution in [0.4, 0.5) is 13.2 Å². The summed E-state index contributed by atoms with van der Waals surface area (Å²) in [5, 5.41) is 28.2. The number of allylic oxidation sites excluding steroid dienone is 2. The Balaban J connectivity index is 3.20. The lowest BCUT2D eigenvalue weighted by molar-refractivity contribution is -0.132. The molecular weight excluding hydrogens is 287 g/mol. The smallest absolute Gasteiger partial charge is 0.416 e. The van der Waals surface area contributed by atoms with Crippen LogP contribution in [0, 0.1) is 22.7 Å². The third kappa shape index (κ3) is 3.45. The lowest BCUT2D eigenvalue weighted by atomic mass is 9.76. The van der Waals surface area contributed by atoms with Crippen LogP contribution in [0.3, 0.4) is 0 Å². The average Bonchev–Trinajstić information content (AvgIpc) is 3.13. The van der Waals surface area contributed by atoms with E-state index in [1.54, 1.807) is 13.8 Å². The van der Waals surface area contributed by atoms with Gasteiger partial charge in [0, 0.05) is 6.08 Å². The predicted octanol–water partition coefficient (Wildman–Crippen LogP) is 2.81. The average molecular weight is 303 g/mol. The highest BCUT2D eigenvalue weighted by Gasteiger charge is 2.59. The molecule has 116 valence electrons. The third-order valence-corrected chi connectivity index (χ3v) is 3.73. The summed E-state index contributed by atoms with van der Waals surface area (Å²) < 4.78 is 38.2. The zero-order chi connectivity index (χ0) is 16.5. The molecule has 4 nitrogen and oxygen atoms in total. The molecule has 2 N–H and O–H groups in total. The first-order valence-electron chi connectivity index (χ1n) is 6.33. The van der Waals surface area contributed by atoms with Gasteiger partial charge in [-0.25, -0.2) is 4.79 Å². The maximum absolute atomic E-state index is 12.7. The second-order valence-electron chi connectivity index (χ2n) is 5.44. The van der Waals surface area contributed by atoms with Crippen LogP contribution >= 0.6 is 0 Å². The van der Waals surface area contributed by atoms with Crippen LogP contribution in [0.15, 0.2) is 23.8 Å². The summed E-state index contributed by atoms with van der Waals surface area (Å²) in [6, 6.07) is 1.96. The van der Waals surface area contributed by atoms with Gasteiger partial charge in [0.05, 0.1) is 17.1 Å². The molecule has 0 amide bonds. The monoisotopic (exact) mass is 303 g/mol. The highest BCUT2D eigenvalue weighted by molar-refractivity contribution is 5.81. The number of aliphatic hydroxyl groups is 1. The number of carboxylic acids is 1. The topological polar surface area (TPSA) is 81.3 Å². The molecule has 0 saturated heterocycles. The first-order valence-corrected chi connectivity index (χ1v) is 6.33. The van der Waals surface area contributed by atoms with Crippen molar-refractivity contribution in [1.82, 2.24) is 0 Å². The molecule has 1 saturated carbocycles. The van der Waals surface area contributed by atoms with E-state index in [0.29, 0.717) is 18.9 Å². The van der Waals surface area contributed by atoms with Crippen molar-refractivity contribution >= 4 is 5.97 Å². The fourth-order valence-electron chi connectivity index (χ4n) is 2.21. The molecule has 0 aromatic heterocycles. The minimum atomic E-state index is -4.85. The minimum absolute atomic E-state index is 0.0309. The molecule has 1 rings (SSSR count). The van der Waals surface area contributed by atoms with Crippen LogP contribution in [0.2, 0.25) is 0 Å². The molecule has 1 atom stereocenters. The minimum Gasteiger partial charge on any atom is -0.478 e. The maximum Gasteiger partial charge on any atom is 0.416 e. The molecule has 21 heavy (non-hydrogen) atoms. The van der Waals surface area contributed by atoms with Gasteiger partial charge in [0.1, 0.15) is 5.60 Å². The third-order valence-electron chi connectivity index (χ3n) is 3.73. The van der Waals surface area contributed by atoms with Crippen molar-refractivity contribution in [1.29, 1.82) is 5.26 Å². The van der Waals surface area contributed by atoms with Gasteiger partial charge in [-0.1, -0.05) is 26.0 Å². The fourth-order valence-corrected chi connectivity index (χ4v) is 2.21. The predicted molar refractivity (Wildman–Crippen MR) is 68.0 cm³/mol. The Morgan fingerprint density at radius 3 is 2.19 bits per heavy atom. The van der Waals surface area contributed by atoms with Crippen molar-refractivity contribution in [3.05, 3.63) is 23.8 Å². The number of hydrogen-bond donors (Lipinski definition) is 2. The van der Waals surface area contributed by atoms with E-state index in [9.17, 15) is 23.1 Å². The molecule has 7 heteroatoms. The Labute approximate surface area is 120 Å². The van der Waals surface area contributed by atoms with Crippen LogP contribution in [-0.2, 0) is 4.79 Å². The molecule has 1 unspecified atom stereocenters. The second-order valence-corrected chi connectivity index (χ2v) is 5.44. The number of aliphatic carboxylic acids is 1. The Hall–Kier alpha value is -1.81. The number of alkyl halides is 3. The molecule has 0 spiro atoms. The molecule has 1 aliphatic carbocycles. The zero-order valence-corrected chi connectivity index (χ0v) is 11.6. The SMILES string of the molecule is CC(C)C(O)(/C=C/C(=C\C(=O)O)C(F)(F)F)C1(C#N)CC1. The number of carboxylic acid groups (broad SMARTS) is 1. The normalized spacial score (nSPS) is 21.1. The lowest BCUT2D eigenvalue weighted by Crippen LogP contribution is -2.42. The van der Waals surface area contributed by atoms with Gasteiger partial charge < -0.3 is 10.2 Å². The van der Waals surface area contributed by atoms with Crippen LogP contribution in [-0.4, -0.2) is 28.0 Å². The Kier molecular flexibility index (Phi) is 4.54. The summed E-state index contributed by atoms with van der Waals surface area (Å²) in [6.45, 7) is 3.19. The molecule has 0 aliphatic heterocycles. The van der Waals surface area contributed by atoms with Crippen LogP contribution < -0.4 is 0 Å². The van der Waals surface area contributed by atoms with Crippen molar-refractivity contribution in [2.75, 3.05) is 0 Å². The van der Waals surface area contributed by atoms with Gasteiger partial charge in [0.2, 0.25) is 0 Å². The van der Waals surface area contributed by atoms with Gasteiger partial charge in [-0.05, 0) is 18.8 Å². The highest BCUT2D eigenvalue weighted by atomic mass is 19.4. The van der Waals surface area contributed by atoms with Gasteiger partial charge in [-0.15, -0.1) is 0 Å². The van der Waals surface area contributed by atoms with Gasteiger partial charge in [-0.2, -0.15) is 18.4 Å².